The number of hydrogen-bond acceptors (Lipinski definition) is 3. The largest absolute Gasteiger partial charge is 0.481 e. The van der Waals surface area contributed by atoms with E-state index in [9.17, 15) is 9.59 Å². The number of carbonyl (C=O) groups is 2. The third-order valence-corrected chi connectivity index (χ3v) is 3.17. The molecule has 0 aromatic carbocycles. The van der Waals surface area contributed by atoms with Gasteiger partial charge in [0.05, 0.1) is 0 Å². The molecule has 0 saturated heterocycles. The van der Waals surface area contributed by atoms with E-state index in [2.05, 4.69) is 5.32 Å². The van der Waals surface area contributed by atoms with Crippen LogP contribution in [0.3, 0.4) is 0 Å². The van der Waals surface area contributed by atoms with Gasteiger partial charge in [0.1, 0.15) is 6.29 Å². The molecule has 0 rings (SSSR count). The van der Waals surface area contributed by atoms with Gasteiger partial charge in [0.15, 0.2) is 0 Å². The van der Waals surface area contributed by atoms with Crippen molar-refractivity contribution in [2.24, 2.45) is 0 Å². The van der Waals surface area contributed by atoms with E-state index in [4.69, 9.17) is 5.11 Å². The first kappa shape index (κ1) is 18.1. The van der Waals surface area contributed by atoms with Gasteiger partial charge in [-0.2, -0.15) is 0 Å². The van der Waals surface area contributed by atoms with Gasteiger partial charge >= 0.3 is 5.97 Å². The molecular formula is C15H29NO3. The van der Waals surface area contributed by atoms with Gasteiger partial charge in [-0.3, -0.25) is 4.79 Å². The van der Waals surface area contributed by atoms with Gasteiger partial charge in [-0.15, -0.1) is 0 Å². The number of carbonyl (C=O) groups excluding carboxylic acids is 1. The molecule has 0 radical (unpaired) electrons. The Hall–Kier alpha value is -0.900. The molecule has 0 heterocycles. The summed E-state index contributed by atoms with van der Waals surface area (Å²) in [5.74, 6) is -0.693. The first-order chi connectivity index (χ1) is 9.27. The highest BCUT2D eigenvalue weighted by molar-refractivity contribution is 5.66. The van der Waals surface area contributed by atoms with E-state index < -0.39 is 5.97 Å². The van der Waals surface area contributed by atoms with Crippen molar-refractivity contribution in [1.82, 2.24) is 5.32 Å². The zero-order chi connectivity index (χ0) is 14.2. The van der Waals surface area contributed by atoms with Crippen LogP contribution >= 0.6 is 0 Å². The lowest BCUT2D eigenvalue weighted by Crippen LogP contribution is -2.16. The van der Waals surface area contributed by atoms with Crippen molar-refractivity contribution < 1.29 is 14.7 Å². The van der Waals surface area contributed by atoms with E-state index in [0.29, 0.717) is 12.8 Å². The van der Waals surface area contributed by atoms with Crippen LogP contribution < -0.4 is 5.32 Å². The number of aliphatic carboxylic acids is 1. The fraction of sp³-hybridized carbons (Fsp3) is 0.867. The number of hydrogen-bond donors (Lipinski definition) is 2. The second-order valence-electron chi connectivity index (χ2n) is 5.03. The van der Waals surface area contributed by atoms with Gasteiger partial charge in [-0.1, -0.05) is 32.1 Å². The minimum Gasteiger partial charge on any atom is -0.481 e. The van der Waals surface area contributed by atoms with Crippen LogP contribution in [-0.4, -0.2) is 30.5 Å². The van der Waals surface area contributed by atoms with E-state index >= 15 is 0 Å². The van der Waals surface area contributed by atoms with Gasteiger partial charge in [-0.05, 0) is 38.8 Å². The van der Waals surface area contributed by atoms with Crippen LogP contribution in [0.2, 0.25) is 0 Å². The van der Waals surface area contributed by atoms with Gasteiger partial charge in [-0.25, -0.2) is 0 Å². The lowest BCUT2D eigenvalue weighted by molar-refractivity contribution is -0.137. The van der Waals surface area contributed by atoms with Gasteiger partial charge in [0, 0.05) is 12.8 Å². The summed E-state index contributed by atoms with van der Waals surface area (Å²) in [7, 11) is 0. The smallest absolute Gasteiger partial charge is 0.303 e. The summed E-state index contributed by atoms with van der Waals surface area (Å²) in [6, 6.07) is 0. The molecule has 0 bridgehead atoms. The average Bonchev–Trinajstić information content (AvgIpc) is 2.39. The summed E-state index contributed by atoms with van der Waals surface area (Å²) < 4.78 is 0. The average molecular weight is 271 g/mol. The Morgan fingerprint density at radius 3 is 1.95 bits per heavy atom. The van der Waals surface area contributed by atoms with Gasteiger partial charge < -0.3 is 15.2 Å². The van der Waals surface area contributed by atoms with Crippen LogP contribution in [0.4, 0.5) is 0 Å². The van der Waals surface area contributed by atoms with Crippen molar-refractivity contribution in [3.63, 3.8) is 0 Å². The molecule has 112 valence electrons. The molecule has 4 nitrogen and oxygen atoms in total. The first-order valence-corrected chi connectivity index (χ1v) is 7.63. The van der Waals surface area contributed by atoms with Crippen molar-refractivity contribution in [2.45, 2.75) is 70.6 Å². The molecule has 0 amide bonds. The molecule has 0 saturated carbocycles. The van der Waals surface area contributed by atoms with Crippen LogP contribution in [0.5, 0.6) is 0 Å². The minimum absolute atomic E-state index is 0.296. The normalized spacial score (nSPS) is 10.5. The fourth-order valence-corrected chi connectivity index (χ4v) is 2.01. The fourth-order valence-electron chi connectivity index (χ4n) is 2.01. The third-order valence-electron chi connectivity index (χ3n) is 3.17. The Kier molecular flexibility index (Phi) is 14.4. The lowest BCUT2D eigenvalue weighted by Gasteiger charge is -2.04. The summed E-state index contributed by atoms with van der Waals surface area (Å²) >= 11 is 0. The molecule has 0 fully saturated rings. The number of carboxylic acid groups (broad SMARTS) is 1. The Balaban J connectivity index is 2.95. The van der Waals surface area contributed by atoms with Crippen molar-refractivity contribution >= 4 is 12.3 Å². The maximum atomic E-state index is 10.3. The molecule has 0 aromatic heterocycles. The quantitative estimate of drug-likeness (QED) is 0.355. The van der Waals surface area contributed by atoms with E-state index in [1.54, 1.807) is 0 Å². The predicted molar refractivity (Wildman–Crippen MR) is 77.4 cm³/mol. The summed E-state index contributed by atoms with van der Waals surface area (Å²) in [5, 5.41) is 11.9. The topological polar surface area (TPSA) is 66.4 Å². The number of aldehydes is 1. The van der Waals surface area contributed by atoms with Crippen LogP contribution in [0.1, 0.15) is 70.6 Å². The molecule has 0 atom stereocenters. The van der Waals surface area contributed by atoms with E-state index in [-0.39, 0.29) is 0 Å². The molecule has 0 unspecified atom stereocenters. The molecule has 0 aliphatic heterocycles. The van der Waals surface area contributed by atoms with Crippen molar-refractivity contribution in [1.29, 1.82) is 0 Å². The Bertz CT molecular complexity index is 219. The van der Waals surface area contributed by atoms with Crippen LogP contribution in [0.15, 0.2) is 0 Å². The van der Waals surface area contributed by atoms with E-state index in [1.165, 1.54) is 32.1 Å². The molecule has 0 aromatic rings. The van der Waals surface area contributed by atoms with Crippen LogP contribution in [-0.2, 0) is 9.59 Å². The maximum absolute atomic E-state index is 10.3. The zero-order valence-corrected chi connectivity index (χ0v) is 12.0. The highest BCUT2D eigenvalue weighted by Crippen LogP contribution is 2.06. The molecule has 19 heavy (non-hydrogen) atoms. The highest BCUT2D eigenvalue weighted by Gasteiger charge is 1.96. The van der Waals surface area contributed by atoms with Crippen LogP contribution in [0, 0.1) is 0 Å². The Morgan fingerprint density at radius 1 is 0.842 bits per heavy atom. The van der Waals surface area contributed by atoms with E-state index in [0.717, 1.165) is 45.1 Å². The van der Waals surface area contributed by atoms with Gasteiger partial charge in [0.25, 0.3) is 0 Å². The van der Waals surface area contributed by atoms with E-state index in [1.807, 2.05) is 0 Å². The number of unbranched alkanes of at least 4 members (excludes halogenated alkanes) is 8. The second kappa shape index (κ2) is 15.2. The molecule has 0 spiro atoms. The summed E-state index contributed by atoms with van der Waals surface area (Å²) in [4.78, 5) is 20.4. The predicted octanol–water partition coefficient (Wildman–Crippen LogP) is 3.15. The SMILES string of the molecule is O=CCCCCCCCCNCCCCCC(=O)O. The van der Waals surface area contributed by atoms with Crippen LogP contribution in [0.25, 0.3) is 0 Å². The molecular weight excluding hydrogens is 242 g/mol. The number of carboxylic acids is 1. The summed E-state index contributed by atoms with van der Waals surface area (Å²) in [6.45, 7) is 2.06. The molecule has 4 heteroatoms. The highest BCUT2D eigenvalue weighted by atomic mass is 16.4. The van der Waals surface area contributed by atoms with Gasteiger partial charge in [0.2, 0.25) is 0 Å². The molecule has 0 aliphatic carbocycles. The maximum Gasteiger partial charge on any atom is 0.303 e. The number of nitrogens with one attached hydrogen (secondary N) is 1. The molecule has 2 N–H and O–H groups in total. The first-order valence-electron chi connectivity index (χ1n) is 7.63. The van der Waals surface area contributed by atoms with Crippen molar-refractivity contribution in [2.75, 3.05) is 13.1 Å². The zero-order valence-electron chi connectivity index (χ0n) is 12.0. The lowest BCUT2D eigenvalue weighted by atomic mass is 10.1. The minimum atomic E-state index is -0.693. The van der Waals surface area contributed by atoms with Crippen molar-refractivity contribution in [3.8, 4) is 0 Å². The van der Waals surface area contributed by atoms with Crippen molar-refractivity contribution in [3.05, 3.63) is 0 Å². The Labute approximate surface area is 117 Å². The standard InChI is InChI=1S/C15H29NO3/c17-14-10-5-3-1-2-4-8-12-16-13-9-6-7-11-15(18)19/h14,16H,1-13H2,(H,18,19). The third kappa shape index (κ3) is 17.1. The second-order valence-corrected chi connectivity index (χ2v) is 5.03. The monoisotopic (exact) mass is 271 g/mol. The number of rotatable bonds is 15. The summed E-state index contributed by atoms with van der Waals surface area (Å²) in [5.41, 5.74) is 0. The Morgan fingerprint density at radius 2 is 1.37 bits per heavy atom. The summed E-state index contributed by atoms with van der Waals surface area (Å²) in [6.07, 6.45) is 12.0. The molecule has 0 aliphatic rings.